The van der Waals surface area contributed by atoms with Gasteiger partial charge in [-0.1, -0.05) is 27.2 Å². The number of hydrogen-bond donors (Lipinski definition) is 0. The zero-order valence-corrected chi connectivity index (χ0v) is 10.2. The van der Waals surface area contributed by atoms with Crippen molar-refractivity contribution >= 4 is 11.9 Å². The second-order valence-electron chi connectivity index (χ2n) is 4.33. The van der Waals surface area contributed by atoms with Gasteiger partial charge in [0.25, 0.3) is 0 Å². The maximum Gasteiger partial charge on any atom is 0.104 e. The van der Waals surface area contributed by atoms with Crippen molar-refractivity contribution in [1.82, 2.24) is 9.78 Å². The second kappa shape index (κ2) is 5.69. The first-order chi connectivity index (χ1) is 7.13. The molecule has 1 rings (SSSR count). The van der Waals surface area contributed by atoms with Crippen LogP contribution >= 0.6 is 0 Å². The van der Waals surface area contributed by atoms with Crippen molar-refractivity contribution in [3.8, 4) is 0 Å². The third-order valence-corrected chi connectivity index (χ3v) is 2.18. The third kappa shape index (κ3) is 3.86. The first-order valence-electron chi connectivity index (χ1n) is 5.68. The van der Waals surface area contributed by atoms with Crippen molar-refractivity contribution in [3.05, 3.63) is 11.9 Å². The SMILES string of the molecule is CCCc1nn(C)cc1/N=C\CC(C)C. The summed E-state index contributed by atoms with van der Waals surface area (Å²) in [5.74, 6) is 0.667. The fourth-order valence-electron chi connectivity index (χ4n) is 1.41. The zero-order valence-electron chi connectivity index (χ0n) is 10.2. The maximum atomic E-state index is 4.48. The summed E-state index contributed by atoms with van der Waals surface area (Å²) in [7, 11) is 1.95. The molecule has 0 aliphatic rings. The topological polar surface area (TPSA) is 30.2 Å². The quantitative estimate of drug-likeness (QED) is 0.682. The molecule has 0 aromatic carbocycles. The number of rotatable bonds is 5. The smallest absolute Gasteiger partial charge is 0.104 e. The fourth-order valence-corrected chi connectivity index (χ4v) is 1.41. The van der Waals surface area contributed by atoms with Crippen LogP contribution < -0.4 is 0 Å². The lowest BCUT2D eigenvalue weighted by Crippen LogP contribution is -1.90. The average Bonchev–Trinajstić information content (AvgIpc) is 2.47. The Morgan fingerprint density at radius 2 is 2.27 bits per heavy atom. The highest BCUT2D eigenvalue weighted by molar-refractivity contribution is 5.63. The Bertz CT molecular complexity index is 324. The minimum absolute atomic E-state index is 0.667. The fraction of sp³-hybridized carbons (Fsp3) is 0.667. The van der Waals surface area contributed by atoms with E-state index in [9.17, 15) is 0 Å². The number of aromatic nitrogens is 2. The van der Waals surface area contributed by atoms with Gasteiger partial charge < -0.3 is 0 Å². The van der Waals surface area contributed by atoms with E-state index in [1.807, 2.05) is 24.1 Å². The van der Waals surface area contributed by atoms with Crippen molar-refractivity contribution in [2.75, 3.05) is 0 Å². The largest absolute Gasteiger partial charge is 0.273 e. The van der Waals surface area contributed by atoms with Gasteiger partial charge >= 0.3 is 0 Å². The van der Waals surface area contributed by atoms with Gasteiger partial charge in [0.2, 0.25) is 0 Å². The Hall–Kier alpha value is -1.12. The standard InChI is InChI=1S/C12H21N3/c1-5-6-11-12(9-15(4)14-11)13-8-7-10(2)3/h8-10H,5-7H2,1-4H3/b13-8-. The van der Waals surface area contributed by atoms with Crippen LogP contribution in [0, 0.1) is 5.92 Å². The molecule has 15 heavy (non-hydrogen) atoms. The summed E-state index contributed by atoms with van der Waals surface area (Å²) < 4.78 is 1.84. The summed E-state index contributed by atoms with van der Waals surface area (Å²) in [4.78, 5) is 4.48. The Labute approximate surface area is 92.2 Å². The zero-order chi connectivity index (χ0) is 11.3. The molecular weight excluding hydrogens is 186 g/mol. The monoisotopic (exact) mass is 207 g/mol. The molecule has 0 aliphatic carbocycles. The summed E-state index contributed by atoms with van der Waals surface area (Å²) in [5.41, 5.74) is 2.14. The third-order valence-electron chi connectivity index (χ3n) is 2.18. The highest BCUT2D eigenvalue weighted by atomic mass is 15.3. The molecule has 0 radical (unpaired) electrons. The molecule has 0 N–H and O–H groups in total. The van der Waals surface area contributed by atoms with Gasteiger partial charge in [0.15, 0.2) is 0 Å². The van der Waals surface area contributed by atoms with Crippen LogP contribution in [-0.2, 0) is 13.5 Å². The van der Waals surface area contributed by atoms with Crippen molar-refractivity contribution in [2.24, 2.45) is 18.0 Å². The molecule has 0 spiro atoms. The van der Waals surface area contributed by atoms with E-state index in [0.717, 1.165) is 30.6 Å². The summed E-state index contributed by atoms with van der Waals surface area (Å²) in [5, 5.41) is 4.40. The van der Waals surface area contributed by atoms with Gasteiger partial charge in [-0.3, -0.25) is 9.67 Å². The van der Waals surface area contributed by atoms with Crippen LogP contribution in [0.3, 0.4) is 0 Å². The lowest BCUT2D eigenvalue weighted by molar-refractivity contribution is 0.690. The minimum atomic E-state index is 0.667. The van der Waals surface area contributed by atoms with E-state index in [0.29, 0.717) is 5.92 Å². The molecule has 0 unspecified atom stereocenters. The first kappa shape index (κ1) is 12.0. The Morgan fingerprint density at radius 3 is 2.87 bits per heavy atom. The molecule has 0 fully saturated rings. The van der Waals surface area contributed by atoms with E-state index in [2.05, 4.69) is 30.9 Å². The molecule has 3 nitrogen and oxygen atoms in total. The van der Waals surface area contributed by atoms with E-state index < -0.39 is 0 Å². The van der Waals surface area contributed by atoms with Crippen LogP contribution in [0.15, 0.2) is 11.2 Å². The lowest BCUT2D eigenvalue weighted by atomic mass is 10.1. The number of hydrogen-bond acceptors (Lipinski definition) is 2. The number of aliphatic imine (C=N–C) groups is 1. The average molecular weight is 207 g/mol. The second-order valence-corrected chi connectivity index (χ2v) is 4.33. The lowest BCUT2D eigenvalue weighted by Gasteiger charge is -1.96. The Kier molecular flexibility index (Phi) is 4.53. The highest BCUT2D eigenvalue weighted by Crippen LogP contribution is 2.18. The van der Waals surface area contributed by atoms with Gasteiger partial charge in [-0.25, -0.2) is 0 Å². The molecule has 1 aromatic heterocycles. The van der Waals surface area contributed by atoms with Crippen LogP contribution in [0.4, 0.5) is 5.69 Å². The van der Waals surface area contributed by atoms with Gasteiger partial charge in [0, 0.05) is 13.3 Å². The van der Waals surface area contributed by atoms with Gasteiger partial charge in [-0.05, 0) is 18.8 Å². The Morgan fingerprint density at radius 1 is 1.53 bits per heavy atom. The van der Waals surface area contributed by atoms with Crippen molar-refractivity contribution in [3.63, 3.8) is 0 Å². The number of nitrogens with zero attached hydrogens (tertiary/aromatic N) is 3. The molecule has 0 amide bonds. The predicted molar refractivity (Wildman–Crippen MR) is 64.8 cm³/mol. The molecular formula is C12H21N3. The van der Waals surface area contributed by atoms with Crippen LogP contribution in [0.1, 0.15) is 39.3 Å². The summed E-state index contributed by atoms with van der Waals surface area (Å²) >= 11 is 0. The molecule has 0 aliphatic heterocycles. The van der Waals surface area contributed by atoms with Crippen LogP contribution in [-0.4, -0.2) is 16.0 Å². The highest BCUT2D eigenvalue weighted by Gasteiger charge is 2.04. The van der Waals surface area contributed by atoms with Gasteiger partial charge in [0.05, 0.1) is 11.9 Å². The molecule has 0 saturated heterocycles. The van der Waals surface area contributed by atoms with E-state index in [1.54, 1.807) is 0 Å². The van der Waals surface area contributed by atoms with Crippen LogP contribution in [0.2, 0.25) is 0 Å². The van der Waals surface area contributed by atoms with Crippen molar-refractivity contribution in [2.45, 2.75) is 40.0 Å². The Balaban J connectivity index is 2.70. The van der Waals surface area contributed by atoms with Crippen LogP contribution in [0.25, 0.3) is 0 Å². The predicted octanol–water partition coefficient (Wildman–Crippen LogP) is 3.12. The van der Waals surface area contributed by atoms with E-state index in [1.165, 1.54) is 0 Å². The maximum absolute atomic E-state index is 4.48. The molecule has 0 atom stereocenters. The normalized spacial score (nSPS) is 11.8. The molecule has 0 bridgehead atoms. The van der Waals surface area contributed by atoms with Crippen LogP contribution in [0.5, 0.6) is 0 Å². The minimum Gasteiger partial charge on any atom is -0.273 e. The van der Waals surface area contributed by atoms with E-state index in [4.69, 9.17) is 0 Å². The molecule has 84 valence electrons. The molecule has 1 aromatic rings. The van der Waals surface area contributed by atoms with Crippen molar-refractivity contribution < 1.29 is 0 Å². The van der Waals surface area contributed by atoms with E-state index >= 15 is 0 Å². The molecule has 1 heterocycles. The summed E-state index contributed by atoms with van der Waals surface area (Å²) in [6, 6.07) is 0. The molecule has 0 saturated carbocycles. The van der Waals surface area contributed by atoms with Gasteiger partial charge in [-0.2, -0.15) is 5.10 Å². The van der Waals surface area contributed by atoms with Gasteiger partial charge in [-0.15, -0.1) is 0 Å². The van der Waals surface area contributed by atoms with Crippen molar-refractivity contribution in [1.29, 1.82) is 0 Å². The first-order valence-corrected chi connectivity index (χ1v) is 5.68. The van der Waals surface area contributed by atoms with Gasteiger partial charge in [0.1, 0.15) is 5.69 Å². The number of aryl methyl sites for hydroxylation is 2. The summed E-state index contributed by atoms with van der Waals surface area (Å²) in [6.45, 7) is 6.56. The summed E-state index contributed by atoms with van der Waals surface area (Å²) in [6.07, 6.45) is 7.14. The van der Waals surface area contributed by atoms with E-state index in [-0.39, 0.29) is 0 Å². The molecule has 3 heteroatoms.